The number of hydrogen-bond acceptors (Lipinski definition) is 3. The highest BCUT2D eigenvalue weighted by molar-refractivity contribution is 9.10. The van der Waals surface area contributed by atoms with Crippen molar-refractivity contribution >= 4 is 27.3 Å². The fourth-order valence-electron chi connectivity index (χ4n) is 1.74. The van der Waals surface area contributed by atoms with Gasteiger partial charge in [0.15, 0.2) is 0 Å². The molecule has 0 heterocycles. The van der Waals surface area contributed by atoms with Crippen LogP contribution in [0.1, 0.15) is 17.6 Å². The third-order valence-electron chi connectivity index (χ3n) is 2.88. The molecule has 0 saturated carbocycles. The predicted octanol–water partition coefficient (Wildman–Crippen LogP) is 4.91. The van der Waals surface area contributed by atoms with Gasteiger partial charge in [-0.25, -0.2) is 8.78 Å². The van der Waals surface area contributed by atoms with Crippen LogP contribution in [0.4, 0.5) is 20.2 Å². The molecule has 0 fully saturated rings. The van der Waals surface area contributed by atoms with Crippen molar-refractivity contribution in [2.45, 2.75) is 13.0 Å². The number of benzene rings is 2. The molecule has 0 radical (unpaired) electrons. The Bertz CT molecular complexity index is 648. The third-order valence-corrected chi connectivity index (χ3v) is 3.57. The molecule has 0 aromatic heterocycles. The van der Waals surface area contributed by atoms with Gasteiger partial charge >= 0.3 is 0 Å². The van der Waals surface area contributed by atoms with Gasteiger partial charge in [0.1, 0.15) is 0 Å². The van der Waals surface area contributed by atoms with Crippen LogP contribution in [0.2, 0.25) is 0 Å². The zero-order chi connectivity index (χ0) is 15.4. The van der Waals surface area contributed by atoms with Gasteiger partial charge < -0.3 is 5.32 Å². The molecule has 0 aliphatic rings. The molecule has 4 nitrogen and oxygen atoms in total. The standard InChI is InChI=1S/C14H11BrF2N2O2/c15-12-6-5-11(19(20)21)7-13(12)18-8-9-1-3-10(4-2-9)14(16)17/h1-7,14,18H,8H2. The van der Waals surface area contributed by atoms with E-state index >= 15 is 0 Å². The number of anilines is 1. The highest BCUT2D eigenvalue weighted by Gasteiger charge is 2.10. The van der Waals surface area contributed by atoms with Crippen molar-refractivity contribution in [2.24, 2.45) is 0 Å². The number of nitrogens with one attached hydrogen (secondary N) is 1. The van der Waals surface area contributed by atoms with Crippen LogP contribution in [0, 0.1) is 10.1 Å². The molecule has 110 valence electrons. The number of nitrogens with zero attached hydrogens (tertiary/aromatic N) is 1. The van der Waals surface area contributed by atoms with Gasteiger partial charge in [0, 0.05) is 28.7 Å². The SMILES string of the molecule is O=[N+]([O-])c1ccc(Br)c(NCc2ccc(C(F)F)cc2)c1. The summed E-state index contributed by atoms with van der Waals surface area (Å²) in [5.74, 6) is 0. The first kappa shape index (κ1) is 15.4. The van der Waals surface area contributed by atoms with Crippen molar-refractivity contribution < 1.29 is 13.7 Å². The lowest BCUT2D eigenvalue weighted by atomic mass is 10.1. The first-order chi connectivity index (χ1) is 9.97. The summed E-state index contributed by atoms with van der Waals surface area (Å²) >= 11 is 3.30. The summed E-state index contributed by atoms with van der Waals surface area (Å²) in [5, 5.41) is 13.8. The van der Waals surface area contributed by atoms with Crippen molar-refractivity contribution in [3.63, 3.8) is 0 Å². The zero-order valence-electron chi connectivity index (χ0n) is 10.7. The lowest BCUT2D eigenvalue weighted by Gasteiger charge is -2.09. The van der Waals surface area contributed by atoms with E-state index in [1.54, 1.807) is 18.2 Å². The molecule has 2 rings (SSSR count). The fourth-order valence-corrected chi connectivity index (χ4v) is 2.13. The maximum Gasteiger partial charge on any atom is 0.271 e. The number of nitro benzene ring substituents is 1. The summed E-state index contributed by atoms with van der Waals surface area (Å²) in [6.45, 7) is 0.378. The minimum absolute atomic E-state index is 0.0197. The largest absolute Gasteiger partial charge is 0.380 e. The predicted molar refractivity (Wildman–Crippen MR) is 79.5 cm³/mol. The monoisotopic (exact) mass is 356 g/mol. The summed E-state index contributed by atoms with van der Waals surface area (Å²) in [6, 6.07) is 10.3. The summed E-state index contributed by atoms with van der Waals surface area (Å²) < 4.78 is 25.6. The van der Waals surface area contributed by atoms with Gasteiger partial charge in [0.2, 0.25) is 0 Å². The number of non-ortho nitro benzene ring substituents is 1. The molecule has 21 heavy (non-hydrogen) atoms. The Morgan fingerprint density at radius 1 is 1.19 bits per heavy atom. The van der Waals surface area contributed by atoms with Crippen LogP contribution in [0.15, 0.2) is 46.9 Å². The van der Waals surface area contributed by atoms with E-state index in [0.717, 1.165) is 5.56 Å². The van der Waals surface area contributed by atoms with E-state index in [4.69, 9.17) is 0 Å². The Morgan fingerprint density at radius 2 is 1.86 bits per heavy atom. The van der Waals surface area contributed by atoms with E-state index in [1.165, 1.54) is 24.3 Å². The highest BCUT2D eigenvalue weighted by Crippen LogP contribution is 2.27. The van der Waals surface area contributed by atoms with E-state index in [1.807, 2.05) is 0 Å². The lowest BCUT2D eigenvalue weighted by molar-refractivity contribution is -0.384. The Labute approximate surface area is 128 Å². The van der Waals surface area contributed by atoms with E-state index in [-0.39, 0.29) is 11.3 Å². The second-order valence-corrected chi connectivity index (χ2v) is 5.17. The molecule has 0 amide bonds. The molecular weight excluding hydrogens is 346 g/mol. The van der Waals surface area contributed by atoms with Crippen LogP contribution in [-0.4, -0.2) is 4.92 Å². The number of nitro groups is 1. The molecular formula is C14H11BrF2N2O2. The van der Waals surface area contributed by atoms with Gasteiger partial charge in [-0.05, 0) is 27.6 Å². The topological polar surface area (TPSA) is 55.2 Å². The third kappa shape index (κ3) is 3.98. The minimum atomic E-state index is -2.49. The Hall–Kier alpha value is -2.02. The van der Waals surface area contributed by atoms with Crippen LogP contribution < -0.4 is 5.32 Å². The van der Waals surface area contributed by atoms with E-state index in [2.05, 4.69) is 21.2 Å². The maximum atomic E-state index is 12.4. The van der Waals surface area contributed by atoms with Crippen molar-refractivity contribution in [1.29, 1.82) is 0 Å². The van der Waals surface area contributed by atoms with Gasteiger partial charge in [-0.3, -0.25) is 10.1 Å². The molecule has 0 aliphatic heterocycles. The summed E-state index contributed by atoms with van der Waals surface area (Å²) in [4.78, 5) is 10.3. The number of rotatable bonds is 5. The molecule has 7 heteroatoms. The van der Waals surface area contributed by atoms with Gasteiger partial charge in [-0.1, -0.05) is 24.3 Å². The summed E-state index contributed by atoms with van der Waals surface area (Å²) in [6.07, 6.45) is -2.49. The number of halogens is 3. The molecule has 0 spiro atoms. The summed E-state index contributed by atoms with van der Waals surface area (Å²) in [7, 11) is 0. The van der Waals surface area contributed by atoms with E-state index in [9.17, 15) is 18.9 Å². The molecule has 0 atom stereocenters. The molecule has 0 aliphatic carbocycles. The molecule has 0 bridgehead atoms. The van der Waals surface area contributed by atoms with Crippen molar-refractivity contribution in [3.05, 3.63) is 68.2 Å². The van der Waals surface area contributed by atoms with Gasteiger partial charge in [0.05, 0.1) is 10.6 Å². The van der Waals surface area contributed by atoms with Crippen LogP contribution in [0.25, 0.3) is 0 Å². The lowest BCUT2D eigenvalue weighted by Crippen LogP contribution is -2.01. The quantitative estimate of drug-likeness (QED) is 0.611. The molecule has 0 saturated heterocycles. The average molecular weight is 357 g/mol. The Kier molecular flexibility index (Phi) is 4.85. The first-order valence-corrected chi connectivity index (χ1v) is 6.81. The molecule has 0 unspecified atom stereocenters. The molecule has 2 aromatic carbocycles. The van der Waals surface area contributed by atoms with E-state index in [0.29, 0.717) is 16.7 Å². The summed E-state index contributed by atoms with van der Waals surface area (Å²) in [5.41, 5.74) is 1.32. The second kappa shape index (κ2) is 6.62. The maximum absolute atomic E-state index is 12.4. The average Bonchev–Trinajstić information content (AvgIpc) is 2.46. The fraction of sp³-hybridized carbons (Fsp3) is 0.143. The minimum Gasteiger partial charge on any atom is -0.380 e. The second-order valence-electron chi connectivity index (χ2n) is 4.32. The van der Waals surface area contributed by atoms with Crippen LogP contribution >= 0.6 is 15.9 Å². The van der Waals surface area contributed by atoms with Crippen LogP contribution in [-0.2, 0) is 6.54 Å². The zero-order valence-corrected chi connectivity index (χ0v) is 12.3. The number of alkyl halides is 2. The normalized spacial score (nSPS) is 10.7. The van der Waals surface area contributed by atoms with Gasteiger partial charge in [-0.2, -0.15) is 0 Å². The van der Waals surface area contributed by atoms with E-state index < -0.39 is 11.3 Å². The van der Waals surface area contributed by atoms with Gasteiger partial charge in [-0.15, -0.1) is 0 Å². The van der Waals surface area contributed by atoms with Crippen molar-refractivity contribution in [3.8, 4) is 0 Å². The Balaban J connectivity index is 2.09. The smallest absolute Gasteiger partial charge is 0.271 e. The van der Waals surface area contributed by atoms with Crippen LogP contribution in [0.3, 0.4) is 0 Å². The van der Waals surface area contributed by atoms with Gasteiger partial charge in [0.25, 0.3) is 12.1 Å². The van der Waals surface area contributed by atoms with Crippen molar-refractivity contribution in [1.82, 2.24) is 0 Å². The highest BCUT2D eigenvalue weighted by atomic mass is 79.9. The Morgan fingerprint density at radius 3 is 2.43 bits per heavy atom. The first-order valence-electron chi connectivity index (χ1n) is 6.02. The number of hydrogen-bond donors (Lipinski definition) is 1. The molecule has 1 N–H and O–H groups in total. The van der Waals surface area contributed by atoms with Crippen LogP contribution in [0.5, 0.6) is 0 Å². The van der Waals surface area contributed by atoms with Crippen molar-refractivity contribution in [2.75, 3.05) is 5.32 Å². The molecule has 2 aromatic rings.